The fourth-order valence-electron chi connectivity index (χ4n) is 2.67. The fraction of sp³-hybridized carbons (Fsp3) is 0.500. The SMILES string of the molecule is COc1ccc2nc(C(C)Cl)n(C3CCC(=O)NC3)c2n1. The van der Waals surface area contributed by atoms with E-state index < -0.39 is 0 Å². The van der Waals surface area contributed by atoms with Gasteiger partial charge in [0.25, 0.3) is 0 Å². The molecule has 112 valence electrons. The Morgan fingerprint density at radius 1 is 1.48 bits per heavy atom. The molecule has 3 rings (SSSR count). The molecule has 1 aliphatic heterocycles. The average molecular weight is 309 g/mol. The second-order valence-electron chi connectivity index (χ2n) is 5.15. The predicted octanol–water partition coefficient (Wildman–Crippen LogP) is 2.19. The molecule has 7 heteroatoms. The van der Waals surface area contributed by atoms with Crippen molar-refractivity contribution in [3.05, 3.63) is 18.0 Å². The highest BCUT2D eigenvalue weighted by molar-refractivity contribution is 6.20. The highest BCUT2D eigenvalue weighted by atomic mass is 35.5. The molecule has 2 unspecified atom stereocenters. The molecule has 3 heterocycles. The number of aromatic nitrogens is 3. The average Bonchev–Trinajstić information content (AvgIpc) is 2.86. The molecule has 1 aliphatic rings. The first-order chi connectivity index (χ1) is 10.1. The summed E-state index contributed by atoms with van der Waals surface area (Å²) in [6, 6.07) is 3.77. The molecule has 1 amide bonds. The lowest BCUT2D eigenvalue weighted by Gasteiger charge is -2.26. The Kier molecular flexibility index (Phi) is 3.71. The topological polar surface area (TPSA) is 69.0 Å². The van der Waals surface area contributed by atoms with Crippen molar-refractivity contribution >= 4 is 28.7 Å². The molecule has 1 N–H and O–H groups in total. The minimum Gasteiger partial charge on any atom is -0.481 e. The predicted molar refractivity (Wildman–Crippen MR) is 79.6 cm³/mol. The summed E-state index contributed by atoms with van der Waals surface area (Å²) in [7, 11) is 1.58. The number of nitrogens with one attached hydrogen (secondary N) is 1. The normalized spacial score (nSPS) is 20.3. The number of imidazole rings is 1. The Morgan fingerprint density at radius 3 is 2.90 bits per heavy atom. The van der Waals surface area contributed by atoms with Crippen molar-refractivity contribution in [2.24, 2.45) is 0 Å². The number of ether oxygens (including phenoxy) is 1. The van der Waals surface area contributed by atoms with Gasteiger partial charge in [0.1, 0.15) is 11.3 Å². The quantitative estimate of drug-likeness (QED) is 0.883. The summed E-state index contributed by atoms with van der Waals surface area (Å²) in [5, 5.41) is 2.66. The third kappa shape index (κ3) is 2.55. The molecule has 0 bridgehead atoms. The van der Waals surface area contributed by atoms with Crippen LogP contribution in [0, 0.1) is 0 Å². The number of rotatable bonds is 3. The van der Waals surface area contributed by atoms with Gasteiger partial charge in [-0.3, -0.25) is 4.79 Å². The third-order valence-electron chi connectivity index (χ3n) is 3.71. The number of hydrogen-bond donors (Lipinski definition) is 1. The van der Waals surface area contributed by atoms with Crippen LogP contribution in [0.15, 0.2) is 12.1 Å². The smallest absolute Gasteiger partial charge is 0.220 e. The van der Waals surface area contributed by atoms with Gasteiger partial charge in [-0.05, 0) is 19.4 Å². The maximum absolute atomic E-state index is 11.4. The summed E-state index contributed by atoms with van der Waals surface area (Å²) in [6.45, 7) is 2.46. The Hall–Kier alpha value is -1.82. The van der Waals surface area contributed by atoms with E-state index in [-0.39, 0.29) is 17.3 Å². The molecule has 6 nitrogen and oxygen atoms in total. The summed E-state index contributed by atoms with van der Waals surface area (Å²) < 4.78 is 7.23. The zero-order valence-electron chi connectivity index (χ0n) is 12.0. The molecule has 0 spiro atoms. The zero-order valence-corrected chi connectivity index (χ0v) is 12.7. The van der Waals surface area contributed by atoms with E-state index in [0.717, 1.165) is 23.4 Å². The number of carbonyl (C=O) groups excluding carboxylic acids is 1. The highest BCUT2D eigenvalue weighted by Gasteiger charge is 2.26. The monoisotopic (exact) mass is 308 g/mol. The number of pyridine rings is 1. The number of alkyl halides is 1. The van der Waals surface area contributed by atoms with Crippen LogP contribution in [0.3, 0.4) is 0 Å². The van der Waals surface area contributed by atoms with Crippen LogP contribution in [0.4, 0.5) is 0 Å². The maximum Gasteiger partial charge on any atom is 0.220 e. The van der Waals surface area contributed by atoms with Gasteiger partial charge in [0.15, 0.2) is 5.65 Å². The Morgan fingerprint density at radius 2 is 2.29 bits per heavy atom. The number of carbonyl (C=O) groups is 1. The van der Waals surface area contributed by atoms with Crippen LogP contribution in [0.1, 0.15) is 37.0 Å². The molecule has 21 heavy (non-hydrogen) atoms. The van der Waals surface area contributed by atoms with E-state index in [4.69, 9.17) is 16.3 Å². The van der Waals surface area contributed by atoms with Crippen LogP contribution < -0.4 is 10.1 Å². The molecular formula is C14H17ClN4O2. The van der Waals surface area contributed by atoms with Gasteiger partial charge in [-0.2, -0.15) is 4.98 Å². The molecule has 0 aliphatic carbocycles. The van der Waals surface area contributed by atoms with Gasteiger partial charge in [0.2, 0.25) is 11.8 Å². The van der Waals surface area contributed by atoms with Crippen molar-refractivity contribution in [2.45, 2.75) is 31.2 Å². The number of piperidine rings is 1. The lowest BCUT2D eigenvalue weighted by atomic mass is 10.1. The zero-order chi connectivity index (χ0) is 15.0. The van der Waals surface area contributed by atoms with Crippen molar-refractivity contribution in [2.75, 3.05) is 13.7 Å². The summed E-state index contributed by atoms with van der Waals surface area (Å²) in [5.41, 5.74) is 1.54. The molecule has 1 saturated heterocycles. The molecule has 2 atom stereocenters. The van der Waals surface area contributed by atoms with Gasteiger partial charge in [-0.25, -0.2) is 4.98 Å². The van der Waals surface area contributed by atoms with Gasteiger partial charge >= 0.3 is 0 Å². The number of halogens is 1. The van der Waals surface area contributed by atoms with Crippen LogP contribution in [0.2, 0.25) is 0 Å². The van der Waals surface area contributed by atoms with E-state index in [2.05, 4.69) is 15.3 Å². The number of methoxy groups -OCH3 is 1. The second-order valence-corrected chi connectivity index (χ2v) is 5.80. The number of amides is 1. The molecule has 0 radical (unpaired) electrons. The first kappa shape index (κ1) is 14.1. The minimum atomic E-state index is -0.233. The summed E-state index contributed by atoms with van der Waals surface area (Å²) >= 11 is 6.27. The van der Waals surface area contributed by atoms with Crippen molar-refractivity contribution in [3.63, 3.8) is 0 Å². The summed E-state index contributed by atoms with van der Waals surface area (Å²) in [6.07, 6.45) is 1.26. The molecule has 0 aromatic carbocycles. The first-order valence-electron chi connectivity index (χ1n) is 6.93. The third-order valence-corrected chi connectivity index (χ3v) is 3.90. The van der Waals surface area contributed by atoms with Gasteiger partial charge in [-0.15, -0.1) is 11.6 Å². The van der Waals surface area contributed by atoms with E-state index in [1.54, 1.807) is 13.2 Å². The molecule has 0 saturated carbocycles. The van der Waals surface area contributed by atoms with E-state index in [0.29, 0.717) is 18.8 Å². The standard InChI is InChI=1S/C14H17ClN4O2/c1-8(15)13-17-10-4-6-12(21-2)18-14(10)19(13)9-3-5-11(20)16-7-9/h4,6,8-9H,3,5,7H2,1-2H3,(H,16,20). The van der Waals surface area contributed by atoms with Crippen molar-refractivity contribution in [1.29, 1.82) is 0 Å². The van der Waals surface area contributed by atoms with Crippen molar-refractivity contribution in [1.82, 2.24) is 19.9 Å². The molecule has 1 fully saturated rings. The maximum atomic E-state index is 11.4. The lowest BCUT2D eigenvalue weighted by molar-refractivity contribution is -0.122. The van der Waals surface area contributed by atoms with Crippen LogP contribution in [0.5, 0.6) is 5.88 Å². The second kappa shape index (κ2) is 5.52. The number of hydrogen-bond acceptors (Lipinski definition) is 4. The molecule has 2 aromatic heterocycles. The van der Waals surface area contributed by atoms with Crippen LogP contribution in [0.25, 0.3) is 11.2 Å². The Bertz CT molecular complexity index is 673. The fourth-order valence-corrected chi connectivity index (χ4v) is 2.82. The van der Waals surface area contributed by atoms with Crippen LogP contribution >= 0.6 is 11.6 Å². The van der Waals surface area contributed by atoms with Gasteiger partial charge in [0.05, 0.1) is 18.5 Å². The summed E-state index contributed by atoms with van der Waals surface area (Å²) in [4.78, 5) is 20.4. The largest absolute Gasteiger partial charge is 0.481 e. The van der Waals surface area contributed by atoms with E-state index in [1.807, 2.05) is 17.6 Å². The van der Waals surface area contributed by atoms with Crippen LogP contribution in [-0.2, 0) is 4.79 Å². The minimum absolute atomic E-state index is 0.0849. The van der Waals surface area contributed by atoms with Gasteiger partial charge in [-0.1, -0.05) is 0 Å². The van der Waals surface area contributed by atoms with Crippen molar-refractivity contribution in [3.8, 4) is 5.88 Å². The van der Waals surface area contributed by atoms with Gasteiger partial charge in [0, 0.05) is 19.0 Å². The lowest BCUT2D eigenvalue weighted by Crippen LogP contribution is -2.36. The number of nitrogens with zero attached hydrogens (tertiary/aromatic N) is 3. The first-order valence-corrected chi connectivity index (χ1v) is 7.37. The van der Waals surface area contributed by atoms with E-state index in [1.165, 1.54) is 0 Å². The van der Waals surface area contributed by atoms with Gasteiger partial charge < -0.3 is 14.6 Å². The molecule has 2 aromatic rings. The Balaban J connectivity index is 2.12. The Labute approximate surface area is 127 Å². The van der Waals surface area contributed by atoms with Crippen molar-refractivity contribution < 1.29 is 9.53 Å². The summed E-state index contributed by atoms with van der Waals surface area (Å²) in [5.74, 6) is 1.40. The highest BCUT2D eigenvalue weighted by Crippen LogP contribution is 2.30. The number of fused-ring (bicyclic) bond motifs is 1. The van der Waals surface area contributed by atoms with E-state index in [9.17, 15) is 4.79 Å². The molecular weight excluding hydrogens is 292 g/mol. The van der Waals surface area contributed by atoms with Crippen LogP contribution in [-0.4, -0.2) is 34.1 Å². The van der Waals surface area contributed by atoms with E-state index >= 15 is 0 Å².